The molecular formula is C16H28N2O2. The third kappa shape index (κ3) is 2.17. The molecule has 1 amide bonds. The lowest BCUT2D eigenvalue weighted by Crippen LogP contribution is -2.49. The normalized spacial score (nSPS) is 36.4. The first-order chi connectivity index (χ1) is 9.72. The lowest BCUT2D eigenvalue weighted by Gasteiger charge is -2.33. The van der Waals surface area contributed by atoms with Crippen LogP contribution in [-0.4, -0.2) is 41.8 Å². The molecule has 4 heteroatoms. The molecule has 2 saturated carbocycles. The fourth-order valence-electron chi connectivity index (χ4n) is 4.54. The van der Waals surface area contributed by atoms with Crippen molar-refractivity contribution in [3.05, 3.63) is 0 Å². The summed E-state index contributed by atoms with van der Waals surface area (Å²) in [5.74, 6) is 0.363. The number of ether oxygens (including phenoxy) is 1. The topological polar surface area (TPSA) is 41.6 Å². The van der Waals surface area contributed by atoms with Crippen LogP contribution in [0.15, 0.2) is 0 Å². The number of carbonyl (C=O) groups is 1. The van der Waals surface area contributed by atoms with Gasteiger partial charge in [-0.15, -0.1) is 0 Å². The van der Waals surface area contributed by atoms with Crippen molar-refractivity contribution in [3.63, 3.8) is 0 Å². The van der Waals surface area contributed by atoms with Crippen LogP contribution in [0.3, 0.4) is 0 Å². The second-order valence-corrected chi connectivity index (χ2v) is 6.72. The van der Waals surface area contributed by atoms with Crippen LogP contribution in [0.5, 0.6) is 0 Å². The highest BCUT2D eigenvalue weighted by Crippen LogP contribution is 2.40. The average Bonchev–Trinajstić information content (AvgIpc) is 3.13. The van der Waals surface area contributed by atoms with Crippen LogP contribution in [0.4, 0.5) is 0 Å². The SMILES string of the molecule is CCCC1NC2(CCCC2)C(=O)N1C1CCCC1OC. The lowest BCUT2D eigenvalue weighted by molar-refractivity contribution is -0.137. The van der Waals surface area contributed by atoms with Gasteiger partial charge < -0.3 is 9.64 Å². The molecule has 1 spiro atoms. The minimum Gasteiger partial charge on any atom is -0.379 e. The summed E-state index contributed by atoms with van der Waals surface area (Å²) < 4.78 is 5.64. The van der Waals surface area contributed by atoms with Gasteiger partial charge in [0.25, 0.3) is 0 Å². The second kappa shape index (κ2) is 5.64. The molecule has 3 rings (SSSR count). The Kier molecular flexibility index (Phi) is 4.04. The molecule has 3 atom stereocenters. The smallest absolute Gasteiger partial charge is 0.244 e. The Morgan fingerprint density at radius 1 is 1.30 bits per heavy atom. The van der Waals surface area contributed by atoms with Crippen LogP contribution in [-0.2, 0) is 9.53 Å². The predicted octanol–water partition coefficient (Wildman–Crippen LogP) is 2.42. The molecule has 0 bridgehead atoms. The van der Waals surface area contributed by atoms with Gasteiger partial charge in [-0.3, -0.25) is 10.1 Å². The Hall–Kier alpha value is -0.610. The van der Waals surface area contributed by atoms with Gasteiger partial charge in [-0.25, -0.2) is 0 Å². The van der Waals surface area contributed by atoms with Crippen LogP contribution in [0.1, 0.15) is 64.7 Å². The monoisotopic (exact) mass is 280 g/mol. The third-order valence-corrected chi connectivity index (χ3v) is 5.52. The fourth-order valence-corrected chi connectivity index (χ4v) is 4.54. The molecule has 1 heterocycles. The molecule has 1 saturated heterocycles. The standard InChI is InChI=1S/C16H28N2O2/c1-3-7-14-17-16(10-4-5-11-16)15(19)18(14)12-8-6-9-13(12)20-2/h12-14,17H,3-11H2,1-2H3. The predicted molar refractivity (Wildman–Crippen MR) is 78.3 cm³/mol. The molecule has 2 aliphatic carbocycles. The summed E-state index contributed by atoms with van der Waals surface area (Å²) in [6.07, 6.45) is 10.4. The van der Waals surface area contributed by atoms with Crippen molar-refractivity contribution in [2.24, 2.45) is 0 Å². The molecule has 0 radical (unpaired) electrons. The summed E-state index contributed by atoms with van der Waals surface area (Å²) >= 11 is 0. The number of hydrogen-bond acceptors (Lipinski definition) is 3. The van der Waals surface area contributed by atoms with Crippen molar-refractivity contribution in [2.75, 3.05) is 7.11 Å². The van der Waals surface area contributed by atoms with E-state index in [0.29, 0.717) is 5.91 Å². The summed E-state index contributed by atoms with van der Waals surface area (Å²) in [7, 11) is 1.79. The van der Waals surface area contributed by atoms with Gasteiger partial charge in [-0.2, -0.15) is 0 Å². The van der Waals surface area contributed by atoms with E-state index in [2.05, 4.69) is 17.1 Å². The molecule has 1 aliphatic heterocycles. The molecule has 0 aromatic heterocycles. The van der Waals surface area contributed by atoms with Crippen molar-refractivity contribution in [2.45, 2.75) is 88.6 Å². The Morgan fingerprint density at radius 2 is 2.05 bits per heavy atom. The van der Waals surface area contributed by atoms with E-state index in [4.69, 9.17) is 4.74 Å². The summed E-state index contributed by atoms with van der Waals surface area (Å²) in [4.78, 5) is 15.2. The van der Waals surface area contributed by atoms with Crippen LogP contribution in [0.25, 0.3) is 0 Å². The van der Waals surface area contributed by atoms with E-state index in [0.717, 1.165) is 38.5 Å². The van der Waals surface area contributed by atoms with Crippen LogP contribution >= 0.6 is 0 Å². The van der Waals surface area contributed by atoms with Gasteiger partial charge in [0.05, 0.1) is 23.9 Å². The molecular weight excluding hydrogens is 252 g/mol. The first-order valence-electron chi connectivity index (χ1n) is 8.35. The highest BCUT2D eigenvalue weighted by Gasteiger charge is 2.55. The van der Waals surface area contributed by atoms with Crippen molar-refractivity contribution in [1.82, 2.24) is 10.2 Å². The Bertz CT molecular complexity index is 365. The number of hydrogen-bond donors (Lipinski definition) is 1. The number of nitrogens with zero attached hydrogens (tertiary/aromatic N) is 1. The molecule has 3 unspecified atom stereocenters. The fraction of sp³-hybridized carbons (Fsp3) is 0.938. The number of nitrogens with one attached hydrogen (secondary N) is 1. The Morgan fingerprint density at radius 3 is 2.70 bits per heavy atom. The van der Waals surface area contributed by atoms with Gasteiger partial charge in [0.15, 0.2) is 0 Å². The lowest BCUT2D eigenvalue weighted by atomic mass is 9.97. The average molecular weight is 280 g/mol. The maximum absolute atomic E-state index is 13.1. The molecule has 1 N–H and O–H groups in total. The van der Waals surface area contributed by atoms with Gasteiger partial charge in [0.2, 0.25) is 5.91 Å². The van der Waals surface area contributed by atoms with Crippen molar-refractivity contribution in [3.8, 4) is 0 Å². The van der Waals surface area contributed by atoms with E-state index >= 15 is 0 Å². The maximum Gasteiger partial charge on any atom is 0.244 e. The summed E-state index contributed by atoms with van der Waals surface area (Å²) in [5, 5.41) is 3.71. The Labute approximate surface area is 122 Å². The van der Waals surface area contributed by atoms with E-state index < -0.39 is 0 Å². The van der Waals surface area contributed by atoms with Crippen molar-refractivity contribution >= 4 is 5.91 Å². The first kappa shape index (κ1) is 14.3. The molecule has 20 heavy (non-hydrogen) atoms. The van der Waals surface area contributed by atoms with E-state index in [9.17, 15) is 4.79 Å². The van der Waals surface area contributed by atoms with Gasteiger partial charge in [-0.05, 0) is 38.5 Å². The van der Waals surface area contributed by atoms with Gasteiger partial charge in [0, 0.05) is 7.11 Å². The number of amides is 1. The van der Waals surface area contributed by atoms with Crippen molar-refractivity contribution in [1.29, 1.82) is 0 Å². The summed E-state index contributed by atoms with van der Waals surface area (Å²) in [6, 6.07) is 0.288. The molecule has 3 fully saturated rings. The maximum atomic E-state index is 13.1. The van der Waals surface area contributed by atoms with E-state index in [-0.39, 0.29) is 23.9 Å². The number of carbonyl (C=O) groups excluding carboxylic acids is 1. The summed E-state index contributed by atoms with van der Waals surface area (Å²) in [6.45, 7) is 2.20. The minimum atomic E-state index is -0.235. The zero-order chi connectivity index (χ0) is 14.2. The molecule has 114 valence electrons. The second-order valence-electron chi connectivity index (χ2n) is 6.72. The molecule has 0 aromatic carbocycles. The van der Waals surface area contributed by atoms with Crippen molar-refractivity contribution < 1.29 is 9.53 Å². The third-order valence-electron chi connectivity index (χ3n) is 5.52. The zero-order valence-electron chi connectivity index (χ0n) is 12.9. The highest BCUT2D eigenvalue weighted by molar-refractivity contribution is 5.89. The molecule has 3 aliphatic rings. The zero-order valence-corrected chi connectivity index (χ0v) is 12.9. The quantitative estimate of drug-likeness (QED) is 0.860. The summed E-state index contributed by atoms with van der Waals surface area (Å²) in [5.41, 5.74) is -0.235. The highest BCUT2D eigenvalue weighted by atomic mass is 16.5. The van der Waals surface area contributed by atoms with Crippen LogP contribution in [0, 0.1) is 0 Å². The van der Waals surface area contributed by atoms with Crippen LogP contribution < -0.4 is 5.32 Å². The van der Waals surface area contributed by atoms with E-state index in [1.807, 2.05) is 0 Å². The minimum absolute atomic E-state index is 0.228. The number of methoxy groups -OCH3 is 1. The molecule has 0 aromatic rings. The van der Waals surface area contributed by atoms with E-state index in [1.54, 1.807) is 7.11 Å². The molecule has 4 nitrogen and oxygen atoms in total. The van der Waals surface area contributed by atoms with Gasteiger partial charge in [-0.1, -0.05) is 26.2 Å². The number of rotatable bonds is 4. The van der Waals surface area contributed by atoms with E-state index in [1.165, 1.54) is 19.3 Å². The Balaban J connectivity index is 1.84. The van der Waals surface area contributed by atoms with Gasteiger partial charge in [0.1, 0.15) is 0 Å². The first-order valence-corrected chi connectivity index (χ1v) is 8.35. The largest absolute Gasteiger partial charge is 0.379 e. The van der Waals surface area contributed by atoms with Gasteiger partial charge >= 0.3 is 0 Å². The van der Waals surface area contributed by atoms with Crippen LogP contribution in [0.2, 0.25) is 0 Å².